The monoisotopic (exact) mass is 510 g/mol. The summed E-state index contributed by atoms with van der Waals surface area (Å²) in [5.41, 5.74) is 1.93. The lowest BCUT2D eigenvalue weighted by Crippen LogP contribution is -2.36. The molecule has 4 rings (SSSR count). The Morgan fingerprint density at radius 3 is 2.64 bits per heavy atom. The zero-order valence-corrected chi connectivity index (χ0v) is 20.2. The van der Waals surface area contributed by atoms with Crippen molar-refractivity contribution in [2.24, 2.45) is 0 Å². The van der Waals surface area contributed by atoms with Crippen LogP contribution in [0.5, 0.6) is 5.75 Å². The van der Waals surface area contributed by atoms with Crippen molar-refractivity contribution < 1.29 is 9.53 Å². The molecule has 0 unspecified atom stereocenters. The van der Waals surface area contributed by atoms with E-state index < -0.39 is 0 Å². The Bertz CT molecular complexity index is 1060. The number of methoxy groups -OCH3 is 1. The molecule has 1 aromatic carbocycles. The van der Waals surface area contributed by atoms with Gasteiger partial charge in [-0.1, -0.05) is 18.2 Å². The summed E-state index contributed by atoms with van der Waals surface area (Å²) in [5.74, 6) is 1.89. The number of rotatable bonds is 8. The van der Waals surface area contributed by atoms with Crippen molar-refractivity contribution in [2.75, 3.05) is 37.0 Å². The average molecular weight is 511 g/mol. The van der Waals surface area contributed by atoms with Gasteiger partial charge in [0, 0.05) is 50.7 Å². The van der Waals surface area contributed by atoms with Crippen molar-refractivity contribution in [2.45, 2.75) is 25.8 Å². The lowest BCUT2D eigenvalue weighted by molar-refractivity contribution is 0.209. The largest absolute Gasteiger partial charge is 0.497 e. The molecule has 172 valence electrons. The topological polar surface area (TPSA) is 83.5 Å². The number of pyridine rings is 1. The molecule has 1 aliphatic heterocycles. The van der Waals surface area contributed by atoms with E-state index in [9.17, 15) is 4.79 Å². The SMILES string of the molecule is COc1ccc(CN(CCc2ccccn2)C(=O)Nc2ncc(Br)c(N3CCCC3)n2)cc1. The fraction of sp³-hybridized carbons (Fsp3) is 0.333. The fourth-order valence-electron chi connectivity index (χ4n) is 3.74. The Morgan fingerprint density at radius 1 is 1.15 bits per heavy atom. The Hall–Kier alpha value is -3.20. The number of hydrogen-bond acceptors (Lipinski definition) is 6. The number of ether oxygens (including phenoxy) is 1. The summed E-state index contributed by atoms with van der Waals surface area (Å²) in [5, 5.41) is 2.88. The first-order valence-corrected chi connectivity index (χ1v) is 11.8. The Balaban J connectivity index is 1.49. The van der Waals surface area contributed by atoms with Crippen LogP contribution in [-0.4, -0.2) is 52.6 Å². The van der Waals surface area contributed by atoms with Gasteiger partial charge >= 0.3 is 6.03 Å². The van der Waals surface area contributed by atoms with E-state index in [1.165, 1.54) is 0 Å². The van der Waals surface area contributed by atoms with Crippen LogP contribution in [0.2, 0.25) is 0 Å². The molecule has 3 heterocycles. The molecule has 0 bridgehead atoms. The van der Waals surface area contributed by atoms with Gasteiger partial charge < -0.3 is 14.5 Å². The summed E-state index contributed by atoms with van der Waals surface area (Å²) in [6.07, 6.45) is 6.38. The van der Waals surface area contributed by atoms with Gasteiger partial charge in [-0.2, -0.15) is 4.98 Å². The standard InChI is InChI=1S/C24H27BrN6O2/c1-33-20-9-7-18(8-10-20)17-31(15-11-19-6-2-3-12-26-19)24(32)29-23-27-16-21(25)22(28-23)30-13-4-5-14-30/h2-3,6-10,12,16H,4-5,11,13-15,17H2,1H3,(H,27,28,29,32). The van der Waals surface area contributed by atoms with Gasteiger partial charge in [0.15, 0.2) is 0 Å². The molecule has 1 saturated heterocycles. The second kappa shape index (κ2) is 11.1. The molecule has 0 atom stereocenters. The molecule has 0 aliphatic carbocycles. The maximum absolute atomic E-state index is 13.2. The number of hydrogen-bond donors (Lipinski definition) is 1. The van der Waals surface area contributed by atoms with Crippen molar-refractivity contribution in [1.82, 2.24) is 19.9 Å². The van der Waals surface area contributed by atoms with Crippen LogP contribution in [-0.2, 0) is 13.0 Å². The van der Waals surface area contributed by atoms with Gasteiger partial charge in [0.2, 0.25) is 5.95 Å². The zero-order valence-electron chi connectivity index (χ0n) is 18.6. The van der Waals surface area contributed by atoms with Crippen molar-refractivity contribution >= 4 is 33.7 Å². The van der Waals surface area contributed by atoms with Gasteiger partial charge in [-0.25, -0.2) is 9.78 Å². The van der Waals surface area contributed by atoms with Crippen LogP contribution in [0, 0.1) is 0 Å². The van der Waals surface area contributed by atoms with E-state index in [1.807, 2.05) is 42.5 Å². The lowest BCUT2D eigenvalue weighted by atomic mass is 10.2. The van der Waals surface area contributed by atoms with Crippen LogP contribution in [0.3, 0.4) is 0 Å². The molecule has 1 aliphatic rings. The molecule has 1 fully saturated rings. The smallest absolute Gasteiger partial charge is 0.324 e. The fourth-order valence-corrected chi connectivity index (χ4v) is 4.18. The van der Waals surface area contributed by atoms with Crippen LogP contribution in [0.15, 0.2) is 59.3 Å². The first-order valence-electron chi connectivity index (χ1n) is 11.0. The Kier molecular flexibility index (Phi) is 7.72. The first kappa shape index (κ1) is 23.0. The number of nitrogens with one attached hydrogen (secondary N) is 1. The summed E-state index contributed by atoms with van der Waals surface area (Å²) in [7, 11) is 1.64. The average Bonchev–Trinajstić information content (AvgIpc) is 3.39. The number of anilines is 2. The third-order valence-corrected chi connectivity index (χ3v) is 6.09. The van der Waals surface area contributed by atoms with Crippen LogP contribution in [0.25, 0.3) is 0 Å². The normalized spacial score (nSPS) is 13.1. The molecule has 1 N–H and O–H groups in total. The first-order chi connectivity index (χ1) is 16.1. The number of carbonyl (C=O) groups excluding carboxylic acids is 1. The van der Waals surface area contributed by atoms with Crippen molar-refractivity contribution in [3.05, 3.63) is 70.6 Å². The van der Waals surface area contributed by atoms with Gasteiger partial charge in [0.05, 0.1) is 11.6 Å². The second-order valence-electron chi connectivity index (χ2n) is 7.83. The minimum Gasteiger partial charge on any atom is -0.497 e. The Morgan fingerprint density at radius 2 is 1.94 bits per heavy atom. The minimum absolute atomic E-state index is 0.253. The summed E-state index contributed by atoms with van der Waals surface area (Å²) in [6.45, 7) is 2.86. The number of halogens is 1. The number of urea groups is 1. The van der Waals surface area contributed by atoms with Gasteiger partial charge in [0.1, 0.15) is 11.6 Å². The summed E-state index contributed by atoms with van der Waals surface area (Å²) in [4.78, 5) is 30.5. The third kappa shape index (κ3) is 6.19. The van der Waals surface area contributed by atoms with E-state index in [2.05, 4.69) is 41.1 Å². The van der Waals surface area contributed by atoms with Gasteiger partial charge in [-0.3, -0.25) is 10.3 Å². The molecule has 0 saturated carbocycles. The third-order valence-electron chi connectivity index (χ3n) is 5.53. The van der Waals surface area contributed by atoms with Gasteiger partial charge in [0.25, 0.3) is 0 Å². The molecule has 33 heavy (non-hydrogen) atoms. The maximum Gasteiger partial charge on any atom is 0.324 e. The number of nitrogens with zero attached hydrogens (tertiary/aromatic N) is 5. The summed E-state index contributed by atoms with van der Waals surface area (Å²) >= 11 is 3.54. The van der Waals surface area contributed by atoms with E-state index in [4.69, 9.17) is 4.74 Å². The van der Waals surface area contributed by atoms with Gasteiger partial charge in [-0.15, -0.1) is 0 Å². The van der Waals surface area contributed by atoms with Crippen molar-refractivity contribution in [3.8, 4) is 5.75 Å². The highest BCUT2D eigenvalue weighted by Crippen LogP contribution is 2.27. The van der Waals surface area contributed by atoms with E-state index in [0.717, 1.165) is 53.2 Å². The predicted molar refractivity (Wildman–Crippen MR) is 132 cm³/mol. The Labute approximate surface area is 202 Å². The van der Waals surface area contributed by atoms with Crippen LogP contribution in [0.4, 0.5) is 16.6 Å². The summed E-state index contributed by atoms with van der Waals surface area (Å²) < 4.78 is 6.07. The van der Waals surface area contributed by atoms with Crippen molar-refractivity contribution in [1.29, 1.82) is 0 Å². The highest BCUT2D eigenvalue weighted by molar-refractivity contribution is 9.10. The second-order valence-corrected chi connectivity index (χ2v) is 8.68. The quantitative estimate of drug-likeness (QED) is 0.479. The molecule has 0 radical (unpaired) electrons. The van der Waals surface area contributed by atoms with Gasteiger partial charge in [-0.05, 0) is 58.6 Å². The highest BCUT2D eigenvalue weighted by atomic mass is 79.9. The van der Waals surface area contributed by atoms with E-state index in [1.54, 1.807) is 24.4 Å². The molecule has 2 aromatic heterocycles. The minimum atomic E-state index is -0.253. The molecule has 9 heteroatoms. The molecule has 8 nitrogen and oxygen atoms in total. The van der Waals surface area contributed by atoms with Crippen LogP contribution in [0.1, 0.15) is 24.1 Å². The maximum atomic E-state index is 13.2. The molecule has 0 spiro atoms. The predicted octanol–water partition coefficient (Wildman–Crippen LogP) is 4.52. The van der Waals surface area contributed by atoms with E-state index in [0.29, 0.717) is 25.5 Å². The number of amides is 2. The zero-order chi connectivity index (χ0) is 23.0. The highest BCUT2D eigenvalue weighted by Gasteiger charge is 2.20. The van der Waals surface area contributed by atoms with Crippen LogP contribution >= 0.6 is 15.9 Å². The number of carbonyl (C=O) groups is 1. The number of benzene rings is 1. The molecule has 3 aromatic rings. The lowest BCUT2D eigenvalue weighted by Gasteiger charge is -2.23. The molecular formula is C24H27BrN6O2. The van der Waals surface area contributed by atoms with Crippen LogP contribution < -0.4 is 15.0 Å². The van der Waals surface area contributed by atoms with E-state index in [-0.39, 0.29) is 6.03 Å². The molecule has 2 amide bonds. The summed E-state index contributed by atoms with van der Waals surface area (Å²) in [6, 6.07) is 13.2. The number of aromatic nitrogens is 3. The van der Waals surface area contributed by atoms with Crippen molar-refractivity contribution in [3.63, 3.8) is 0 Å². The van der Waals surface area contributed by atoms with E-state index >= 15 is 0 Å². The molecular weight excluding hydrogens is 484 g/mol.